The average molecular weight is 480 g/mol. The Hall–Kier alpha value is -2.62. The van der Waals surface area contributed by atoms with Gasteiger partial charge in [0, 0.05) is 36.9 Å². The Kier molecular flexibility index (Phi) is 7.76. The number of carbonyl (C=O) groups is 2. The maximum Gasteiger partial charge on any atom is 0.324 e. The molecule has 0 aliphatic carbocycles. The van der Waals surface area contributed by atoms with E-state index in [9.17, 15) is 18.0 Å². The van der Waals surface area contributed by atoms with Crippen molar-refractivity contribution in [2.24, 2.45) is 0 Å². The molecule has 0 saturated carbocycles. The molecule has 10 heteroatoms. The largest absolute Gasteiger partial charge is 0.454 e. The predicted octanol–water partition coefficient (Wildman–Crippen LogP) is 2.21. The molecule has 2 aromatic carbocycles. The van der Waals surface area contributed by atoms with Crippen LogP contribution in [-0.2, 0) is 24.3 Å². The van der Waals surface area contributed by atoms with E-state index in [1.807, 2.05) is 25.1 Å². The summed E-state index contributed by atoms with van der Waals surface area (Å²) in [6, 6.07) is 12.7. The zero-order valence-electron chi connectivity index (χ0n) is 18.0. The molecule has 172 valence electrons. The number of carbonyl (C=O) groups excluding carboxylic acids is 2. The normalized spacial score (nSPS) is 15.3. The zero-order valence-corrected chi connectivity index (χ0v) is 19.5. The van der Waals surface area contributed by atoms with Crippen LogP contribution in [0.2, 0.25) is 5.02 Å². The van der Waals surface area contributed by atoms with Crippen molar-refractivity contribution in [2.45, 2.75) is 24.8 Å². The van der Waals surface area contributed by atoms with Crippen LogP contribution in [0.1, 0.15) is 12.5 Å². The maximum absolute atomic E-state index is 12.4. The highest BCUT2D eigenvalue weighted by atomic mass is 35.5. The minimum absolute atomic E-state index is 0.0522. The minimum Gasteiger partial charge on any atom is -0.454 e. The first-order valence-corrected chi connectivity index (χ1v) is 12.1. The molecule has 1 fully saturated rings. The van der Waals surface area contributed by atoms with Crippen molar-refractivity contribution in [3.05, 3.63) is 59.1 Å². The molecular formula is C22H26ClN3O5S. The Labute approximate surface area is 193 Å². The van der Waals surface area contributed by atoms with Crippen molar-refractivity contribution >= 4 is 39.2 Å². The van der Waals surface area contributed by atoms with Crippen LogP contribution in [0.5, 0.6) is 0 Å². The Morgan fingerprint density at radius 2 is 1.75 bits per heavy atom. The molecule has 1 heterocycles. The minimum atomic E-state index is -3.88. The predicted molar refractivity (Wildman–Crippen MR) is 122 cm³/mol. The quantitative estimate of drug-likeness (QED) is 0.612. The van der Waals surface area contributed by atoms with Crippen molar-refractivity contribution in [1.82, 2.24) is 9.62 Å². The number of nitrogens with zero attached hydrogens (tertiary/aromatic N) is 2. The first-order valence-electron chi connectivity index (χ1n) is 10.2. The molecule has 0 radical (unpaired) electrons. The third-order valence-corrected chi connectivity index (χ3v) is 6.95. The molecule has 0 aromatic heterocycles. The van der Waals surface area contributed by atoms with E-state index in [-0.39, 0.29) is 10.8 Å². The number of nitrogens with one attached hydrogen (secondary N) is 1. The van der Waals surface area contributed by atoms with E-state index in [0.29, 0.717) is 31.2 Å². The molecule has 3 rings (SSSR count). The number of hydrogen-bond donors (Lipinski definition) is 1. The number of ether oxygens (including phenoxy) is 1. The lowest BCUT2D eigenvalue weighted by molar-refractivity contribution is -0.153. The molecule has 1 amide bonds. The van der Waals surface area contributed by atoms with Crippen LogP contribution in [0.25, 0.3) is 0 Å². The molecule has 0 unspecified atom stereocenters. The second kappa shape index (κ2) is 10.3. The number of benzene rings is 2. The van der Waals surface area contributed by atoms with E-state index in [2.05, 4.69) is 9.62 Å². The lowest BCUT2D eigenvalue weighted by atomic mass is 10.2. The van der Waals surface area contributed by atoms with Gasteiger partial charge in [0.1, 0.15) is 6.04 Å². The third kappa shape index (κ3) is 6.21. The first-order chi connectivity index (χ1) is 15.2. The van der Waals surface area contributed by atoms with Crippen molar-refractivity contribution < 1.29 is 22.7 Å². The molecule has 0 bridgehead atoms. The number of aryl methyl sites for hydroxylation is 1. The zero-order chi connectivity index (χ0) is 23.3. The van der Waals surface area contributed by atoms with E-state index >= 15 is 0 Å². The molecule has 2 aromatic rings. The van der Waals surface area contributed by atoms with Gasteiger partial charge in [-0.15, -0.1) is 0 Å². The number of rotatable bonds is 7. The molecule has 1 atom stereocenters. The fourth-order valence-electron chi connectivity index (χ4n) is 3.30. The monoisotopic (exact) mass is 479 g/mol. The molecule has 32 heavy (non-hydrogen) atoms. The summed E-state index contributed by atoms with van der Waals surface area (Å²) in [6.07, 6.45) is 0. The van der Waals surface area contributed by atoms with Gasteiger partial charge in [0.25, 0.3) is 5.91 Å². The van der Waals surface area contributed by atoms with Gasteiger partial charge in [-0.05, 0) is 44.2 Å². The molecule has 8 nitrogen and oxygen atoms in total. The SMILES string of the molecule is Cc1ccc(S(=O)(=O)N[C@@H](C)C(=O)OCC(=O)N2CCN(c3cccc(Cl)c3)CC2)cc1. The van der Waals surface area contributed by atoms with Gasteiger partial charge >= 0.3 is 5.97 Å². The number of hydrogen-bond acceptors (Lipinski definition) is 6. The van der Waals surface area contributed by atoms with Gasteiger partial charge in [0.15, 0.2) is 6.61 Å². The van der Waals surface area contributed by atoms with Crippen LogP contribution in [0.15, 0.2) is 53.4 Å². The van der Waals surface area contributed by atoms with Gasteiger partial charge in [0.05, 0.1) is 4.90 Å². The van der Waals surface area contributed by atoms with E-state index in [1.54, 1.807) is 23.1 Å². The molecule has 0 spiro atoms. The van der Waals surface area contributed by atoms with Crippen molar-refractivity contribution in [3.8, 4) is 0 Å². The highest BCUT2D eigenvalue weighted by Gasteiger charge is 2.26. The van der Waals surface area contributed by atoms with Gasteiger partial charge in [-0.2, -0.15) is 4.72 Å². The first kappa shape index (κ1) is 24.0. The molecular weight excluding hydrogens is 454 g/mol. The van der Waals surface area contributed by atoms with Crippen LogP contribution >= 0.6 is 11.6 Å². The standard InChI is InChI=1S/C22H26ClN3O5S/c1-16-6-8-20(9-7-16)32(29,30)24-17(2)22(28)31-15-21(27)26-12-10-25(11-13-26)19-5-3-4-18(23)14-19/h3-9,14,17,24H,10-13,15H2,1-2H3/t17-/m0/s1. The summed E-state index contributed by atoms with van der Waals surface area (Å²) < 4.78 is 32.1. The Bertz CT molecular complexity index is 1070. The van der Waals surface area contributed by atoms with E-state index in [4.69, 9.17) is 16.3 Å². The topological polar surface area (TPSA) is 96.0 Å². The van der Waals surface area contributed by atoms with Crippen LogP contribution in [0, 0.1) is 6.92 Å². The Morgan fingerprint density at radius 1 is 1.09 bits per heavy atom. The van der Waals surface area contributed by atoms with Crippen molar-refractivity contribution in [3.63, 3.8) is 0 Å². The van der Waals surface area contributed by atoms with Gasteiger partial charge in [0.2, 0.25) is 10.0 Å². The van der Waals surface area contributed by atoms with Gasteiger partial charge in [-0.1, -0.05) is 35.4 Å². The second-order valence-corrected chi connectivity index (χ2v) is 9.76. The number of esters is 1. The number of anilines is 1. The van der Waals surface area contributed by atoms with Crippen LogP contribution < -0.4 is 9.62 Å². The molecule has 1 saturated heterocycles. The third-order valence-electron chi connectivity index (χ3n) is 5.16. The summed E-state index contributed by atoms with van der Waals surface area (Å²) in [7, 11) is -3.88. The number of piperazine rings is 1. The average Bonchev–Trinajstić information content (AvgIpc) is 2.77. The van der Waals surface area contributed by atoms with Crippen LogP contribution in [0.4, 0.5) is 5.69 Å². The lowest BCUT2D eigenvalue weighted by Crippen LogP contribution is -2.50. The summed E-state index contributed by atoms with van der Waals surface area (Å²) in [5, 5.41) is 0.653. The Balaban J connectivity index is 1.46. The maximum atomic E-state index is 12.4. The summed E-state index contributed by atoms with van der Waals surface area (Å²) >= 11 is 6.04. The van der Waals surface area contributed by atoms with Gasteiger partial charge in [-0.3, -0.25) is 9.59 Å². The van der Waals surface area contributed by atoms with Crippen LogP contribution in [0.3, 0.4) is 0 Å². The van der Waals surface area contributed by atoms with E-state index in [1.165, 1.54) is 19.1 Å². The summed E-state index contributed by atoms with van der Waals surface area (Å²) in [5.41, 5.74) is 1.91. The molecule has 1 aliphatic heterocycles. The fraction of sp³-hybridized carbons (Fsp3) is 0.364. The van der Waals surface area contributed by atoms with Gasteiger partial charge < -0.3 is 14.5 Å². The van der Waals surface area contributed by atoms with E-state index in [0.717, 1.165) is 11.3 Å². The summed E-state index contributed by atoms with van der Waals surface area (Å²) in [4.78, 5) is 28.5. The number of amides is 1. The highest BCUT2D eigenvalue weighted by molar-refractivity contribution is 7.89. The highest BCUT2D eigenvalue weighted by Crippen LogP contribution is 2.20. The number of halogens is 1. The van der Waals surface area contributed by atoms with Crippen LogP contribution in [-0.4, -0.2) is 64.0 Å². The second-order valence-electron chi connectivity index (χ2n) is 7.61. The summed E-state index contributed by atoms with van der Waals surface area (Å²) in [5.74, 6) is -1.13. The number of sulfonamides is 1. The van der Waals surface area contributed by atoms with Gasteiger partial charge in [-0.25, -0.2) is 8.42 Å². The lowest BCUT2D eigenvalue weighted by Gasteiger charge is -2.36. The Morgan fingerprint density at radius 3 is 2.38 bits per heavy atom. The molecule has 1 aliphatic rings. The smallest absolute Gasteiger partial charge is 0.324 e. The van der Waals surface area contributed by atoms with Crippen molar-refractivity contribution in [1.29, 1.82) is 0 Å². The molecule has 1 N–H and O–H groups in total. The summed E-state index contributed by atoms with van der Waals surface area (Å²) in [6.45, 7) is 5.02. The van der Waals surface area contributed by atoms with E-state index < -0.39 is 28.6 Å². The fourth-order valence-corrected chi connectivity index (χ4v) is 4.68. The van der Waals surface area contributed by atoms with Crippen molar-refractivity contribution in [2.75, 3.05) is 37.7 Å².